The summed E-state index contributed by atoms with van der Waals surface area (Å²) in [5, 5.41) is 4.41. The van der Waals surface area contributed by atoms with Crippen molar-refractivity contribution < 1.29 is 0 Å². The Morgan fingerprint density at radius 1 is 1.65 bits per heavy atom. The van der Waals surface area contributed by atoms with E-state index in [1.807, 2.05) is 6.20 Å². The number of nitrogens with one attached hydrogen (secondary N) is 1. The van der Waals surface area contributed by atoms with Crippen LogP contribution in [0, 0.1) is 11.8 Å². The van der Waals surface area contributed by atoms with Gasteiger partial charge in [0.05, 0.1) is 22.4 Å². The van der Waals surface area contributed by atoms with E-state index in [4.69, 9.17) is 5.84 Å². The maximum absolute atomic E-state index is 5.75. The van der Waals surface area contributed by atoms with Crippen LogP contribution in [0.4, 0.5) is 0 Å². The second-order valence-electron chi connectivity index (χ2n) is 4.94. The third-order valence-corrected chi connectivity index (χ3v) is 4.25. The summed E-state index contributed by atoms with van der Waals surface area (Å²) >= 11 is 3.59. The molecule has 5 heteroatoms. The van der Waals surface area contributed by atoms with E-state index in [0.29, 0.717) is 5.92 Å². The predicted octanol–water partition coefficient (Wildman–Crippen LogP) is 2.61. The highest BCUT2D eigenvalue weighted by Gasteiger charge is 2.35. The van der Waals surface area contributed by atoms with E-state index < -0.39 is 0 Å². The van der Waals surface area contributed by atoms with Crippen molar-refractivity contribution in [2.24, 2.45) is 17.7 Å². The fourth-order valence-corrected chi connectivity index (χ4v) is 2.99. The fraction of sp³-hybridized carbons (Fsp3) is 0.750. The van der Waals surface area contributed by atoms with Crippen LogP contribution in [0.1, 0.15) is 44.8 Å². The molecular weight excluding hydrogens is 280 g/mol. The summed E-state index contributed by atoms with van der Waals surface area (Å²) < 4.78 is 3.12. The first-order valence-corrected chi connectivity index (χ1v) is 7.15. The van der Waals surface area contributed by atoms with Crippen molar-refractivity contribution in [3.63, 3.8) is 0 Å². The van der Waals surface area contributed by atoms with E-state index in [1.54, 1.807) is 0 Å². The van der Waals surface area contributed by atoms with Crippen LogP contribution in [-0.4, -0.2) is 9.78 Å². The van der Waals surface area contributed by atoms with Gasteiger partial charge in [-0.2, -0.15) is 5.10 Å². The van der Waals surface area contributed by atoms with Crippen molar-refractivity contribution in [2.75, 3.05) is 0 Å². The van der Waals surface area contributed by atoms with Gasteiger partial charge in [-0.05, 0) is 47.0 Å². The number of nitrogens with zero attached hydrogens (tertiary/aromatic N) is 2. The quantitative estimate of drug-likeness (QED) is 0.627. The van der Waals surface area contributed by atoms with Gasteiger partial charge in [0.15, 0.2) is 0 Å². The molecule has 2 unspecified atom stereocenters. The number of aromatic nitrogens is 2. The largest absolute Gasteiger partial charge is 0.271 e. The molecule has 4 nitrogen and oxygen atoms in total. The van der Waals surface area contributed by atoms with Crippen molar-refractivity contribution in [3.05, 3.63) is 16.4 Å². The van der Waals surface area contributed by atoms with Gasteiger partial charge in [-0.3, -0.25) is 16.0 Å². The molecule has 0 aliphatic heterocycles. The normalized spacial score (nSPS) is 19.3. The van der Waals surface area contributed by atoms with Gasteiger partial charge in [0.2, 0.25) is 0 Å². The molecule has 1 aromatic rings. The lowest BCUT2D eigenvalue weighted by molar-refractivity contribution is 0.331. The number of rotatable bonds is 6. The molecule has 0 radical (unpaired) electrons. The minimum Gasteiger partial charge on any atom is -0.271 e. The van der Waals surface area contributed by atoms with E-state index in [9.17, 15) is 0 Å². The highest BCUT2D eigenvalue weighted by molar-refractivity contribution is 9.10. The Labute approximate surface area is 111 Å². The second kappa shape index (κ2) is 5.50. The van der Waals surface area contributed by atoms with Crippen molar-refractivity contribution in [2.45, 2.75) is 45.7 Å². The molecule has 1 saturated carbocycles. The molecule has 0 spiro atoms. The lowest BCUT2D eigenvalue weighted by Gasteiger charge is -2.24. The Bertz CT molecular complexity index is 373. The van der Waals surface area contributed by atoms with Crippen LogP contribution in [0.3, 0.4) is 0 Å². The summed E-state index contributed by atoms with van der Waals surface area (Å²) in [4.78, 5) is 0. The molecule has 2 atom stereocenters. The summed E-state index contributed by atoms with van der Waals surface area (Å²) in [6.45, 7) is 5.38. The van der Waals surface area contributed by atoms with Crippen LogP contribution in [0.5, 0.6) is 0 Å². The Hall–Kier alpha value is -0.390. The molecule has 1 aliphatic carbocycles. The third kappa shape index (κ3) is 2.72. The molecule has 1 heterocycles. The van der Waals surface area contributed by atoms with Crippen LogP contribution < -0.4 is 11.3 Å². The number of hydrazine groups is 1. The van der Waals surface area contributed by atoms with Crippen LogP contribution in [0.15, 0.2) is 10.7 Å². The molecule has 0 aromatic carbocycles. The number of halogens is 1. The number of nitrogens with two attached hydrogens (primary N) is 1. The van der Waals surface area contributed by atoms with E-state index in [2.05, 4.69) is 45.0 Å². The molecule has 0 bridgehead atoms. The van der Waals surface area contributed by atoms with Crippen molar-refractivity contribution in [1.82, 2.24) is 15.2 Å². The van der Waals surface area contributed by atoms with Gasteiger partial charge >= 0.3 is 0 Å². The number of aryl methyl sites for hydroxylation is 1. The van der Waals surface area contributed by atoms with E-state index in [-0.39, 0.29) is 6.04 Å². The highest BCUT2D eigenvalue weighted by atomic mass is 79.9. The Kier molecular flexibility index (Phi) is 4.22. The predicted molar refractivity (Wildman–Crippen MR) is 72.2 cm³/mol. The van der Waals surface area contributed by atoms with Gasteiger partial charge in [0.1, 0.15) is 0 Å². The number of hydrogen-bond donors (Lipinski definition) is 2. The molecule has 17 heavy (non-hydrogen) atoms. The van der Waals surface area contributed by atoms with E-state index in [0.717, 1.165) is 23.4 Å². The van der Waals surface area contributed by atoms with Crippen molar-refractivity contribution in [1.29, 1.82) is 0 Å². The highest BCUT2D eigenvalue weighted by Crippen LogP contribution is 2.43. The zero-order chi connectivity index (χ0) is 12.4. The molecule has 3 N–H and O–H groups in total. The first-order chi connectivity index (χ1) is 8.19. The molecule has 1 aromatic heterocycles. The number of hydrogen-bond acceptors (Lipinski definition) is 3. The van der Waals surface area contributed by atoms with E-state index in [1.165, 1.54) is 18.5 Å². The minimum atomic E-state index is 0.186. The summed E-state index contributed by atoms with van der Waals surface area (Å²) in [7, 11) is 0. The maximum atomic E-state index is 5.75. The average Bonchev–Trinajstić information content (AvgIpc) is 3.10. The molecular formula is C12H21BrN4. The SMILES string of the molecule is CCCn1ncc(Br)c1C(NN)C(C)C1CC1. The molecule has 0 amide bonds. The molecule has 2 rings (SSSR count). The topological polar surface area (TPSA) is 55.9 Å². The van der Waals surface area contributed by atoms with Gasteiger partial charge in [0.25, 0.3) is 0 Å². The van der Waals surface area contributed by atoms with Crippen LogP contribution in [-0.2, 0) is 6.54 Å². The summed E-state index contributed by atoms with van der Waals surface area (Å²) in [5.74, 6) is 7.12. The first kappa shape index (κ1) is 13.1. The molecule has 1 fully saturated rings. The Balaban J connectivity index is 2.24. The third-order valence-electron chi connectivity index (χ3n) is 3.63. The summed E-state index contributed by atoms with van der Waals surface area (Å²) in [5.41, 5.74) is 4.16. The van der Waals surface area contributed by atoms with Gasteiger partial charge in [-0.1, -0.05) is 13.8 Å². The van der Waals surface area contributed by atoms with Crippen molar-refractivity contribution >= 4 is 15.9 Å². The second-order valence-corrected chi connectivity index (χ2v) is 5.80. The summed E-state index contributed by atoms with van der Waals surface area (Å²) in [6, 6.07) is 0.186. The lowest BCUT2D eigenvalue weighted by Crippen LogP contribution is -2.35. The van der Waals surface area contributed by atoms with Crippen LogP contribution in [0.2, 0.25) is 0 Å². The zero-order valence-electron chi connectivity index (χ0n) is 10.5. The van der Waals surface area contributed by atoms with Gasteiger partial charge in [0, 0.05) is 6.54 Å². The fourth-order valence-electron chi connectivity index (χ4n) is 2.45. The van der Waals surface area contributed by atoms with Gasteiger partial charge in [-0.25, -0.2) is 0 Å². The van der Waals surface area contributed by atoms with E-state index >= 15 is 0 Å². The minimum absolute atomic E-state index is 0.186. The maximum Gasteiger partial charge on any atom is 0.0712 e. The Morgan fingerprint density at radius 2 is 2.35 bits per heavy atom. The van der Waals surface area contributed by atoms with Crippen LogP contribution in [0.25, 0.3) is 0 Å². The Morgan fingerprint density at radius 3 is 2.88 bits per heavy atom. The molecule has 1 aliphatic rings. The molecule has 0 saturated heterocycles. The summed E-state index contributed by atoms with van der Waals surface area (Å²) in [6.07, 6.45) is 5.61. The lowest BCUT2D eigenvalue weighted by atomic mass is 9.94. The van der Waals surface area contributed by atoms with Crippen molar-refractivity contribution in [3.8, 4) is 0 Å². The first-order valence-electron chi connectivity index (χ1n) is 6.36. The van der Waals surface area contributed by atoms with Crippen LogP contribution >= 0.6 is 15.9 Å². The van der Waals surface area contributed by atoms with Gasteiger partial charge < -0.3 is 0 Å². The smallest absolute Gasteiger partial charge is 0.0712 e. The standard InChI is InChI=1S/C12H21BrN4/c1-3-6-17-12(10(13)7-15-17)11(16-14)8(2)9-4-5-9/h7-9,11,16H,3-6,14H2,1-2H3. The monoisotopic (exact) mass is 300 g/mol. The van der Waals surface area contributed by atoms with Gasteiger partial charge in [-0.15, -0.1) is 0 Å². The average molecular weight is 301 g/mol. The molecule has 96 valence electrons. The zero-order valence-corrected chi connectivity index (χ0v) is 12.1.